The summed E-state index contributed by atoms with van der Waals surface area (Å²) in [7, 11) is -0.347. The molecule has 2 heterocycles. The van der Waals surface area contributed by atoms with E-state index in [1.807, 2.05) is 0 Å². The molecular weight excluding hydrogens is 263 g/mol. The number of rotatable bonds is 2. The van der Waals surface area contributed by atoms with E-state index in [4.69, 9.17) is 14.4 Å². The van der Waals surface area contributed by atoms with E-state index in [0.717, 1.165) is 5.59 Å². The quantitative estimate of drug-likeness (QED) is 0.786. The van der Waals surface area contributed by atoms with E-state index in [-0.39, 0.29) is 18.3 Å². The number of hydrogen-bond acceptors (Lipinski definition) is 3. The molecule has 0 N–H and O–H groups in total. The molecule has 5 heteroatoms. The highest BCUT2D eigenvalue weighted by Gasteiger charge is 2.53. The minimum absolute atomic E-state index is 0.307. The number of aryl methyl sites for hydroxylation is 1. The van der Waals surface area contributed by atoms with Crippen molar-refractivity contribution in [2.45, 2.75) is 84.0 Å². The van der Waals surface area contributed by atoms with Crippen LogP contribution in [0.25, 0.3) is 0 Å². The Labute approximate surface area is 128 Å². The minimum atomic E-state index is -0.347. The lowest BCUT2D eigenvalue weighted by Gasteiger charge is -2.32. The van der Waals surface area contributed by atoms with Gasteiger partial charge >= 0.3 is 7.12 Å². The fourth-order valence-electron chi connectivity index (χ4n) is 3.22. The summed E-state index contributed by atoms with van der Waals surface area (Å²) in [5, 5.41) is 4.81. The van der Waals surface area contributed by atoms with Gasteiger partial charge in [-0.25, -0.2) is 0 Å². The van der Waals surface area contributed by atoms with Crippen molar-refractivity contribution in [3.8, 4) is 0 Å². The maximum Gasteiger partial charge on any atom is 0.516 e. The average Bonchev–Trinajstić information content (AvgIpc) is 2.89. The SMILES string of the molecule is Cc1cn(C2CCCCC2)nc1B1OC(C)(C)C(C)(C)O1. The summed E-state index contributed by atoms with van der Waals surface area (Å²) in [4.78, 5) is 0. The largest absolute Gasteiger partial charge is 0.516 e. The predicted molar refractivity (Wildman–Crippen MR) is 84.8 cm³/mol. The molecule has 1 aliphatic heterocycles. The molecule has 1 aliphatic carbocycles. The zero-order valence-electron chi connectivity index (χ0n) is 14.0. The van der Waals surface area contributed by atoms with E-state index in [1.165, 1.54) is 37.7 Å². The van der Waals surface area contributed by atoms with Crippen LogP contribution in [0, 0.1) is 6.92 Å². The molecule has 0 spiro atoms. The lowest BCUT2D eigenvalue weighted by Crippen LogP contribution is -2.41. The zero-order chi connectivity index (χ0) is 15.3. The fraction of sp³-hybridized carbons (Fsp3) is 0.812. The summed E-state index contributed by atoms with van der Waals surface area (Å²) in [6.07, 6.45) is 8.63. The van der Waals surface area contributed by atoms with Gasteiger partial charge in [0.1, 0.15) is 0 Å². The van der Waals surface area contributed by atoms with Crippen molar-refractivity contribution in [3.05, 3.63) is 11.8 Å². The van der Waals surface area contributed by atoms with Crippen LogP contribution < -0.4 is 5.59 Å². The molecule has 1 aromatic rings. The fourth-order valence-corrected chi connectivity index (χ4v) is 3.22. The van der Waals surface area contributed by atoms with Gasteiger partial charge in [0, 0.05) is 6.20 Å². The Morgan fingerprint density at radius 1 is 1.10 bits per heavy atom. The highest BCUT2D eigenvalue weighted by Crippen LogP contribution is 2.36. The summed E-state index contributed by atoms with van der Waals surface area (Å²) in [6, 6.07) is 0.550. The molecule has 2 aliphatic rings. The molecule has 0 unspecified atom stereocenters. The second kappa shape index (κ2) is 5.13. The van der Waals surface area contributed by atoms with Crippen molar-refractivity contribution in [2.24, 2.45) is 0 Å². The van der Waals surface area contributed by atoms with Crippen LogP contribution in [-0.4, -0.2) is 28.1 Å². The first-order chi connectivity index (χ1) is 9.80. The van der Waals surface area contributed by atoms with Crippen LogP contribution in [0.4, 0.5) is 0 Å². The number of nitrogens with zero attached hydrogens (tertiary/aromatic N) is 2. The van der Waals surface area contributed by atoms with Crippen molar-refractivity contribution in [2.75, 3.05) is 0 Å². The third-order valence-corrected chi connectivity index (χ3v) is 5.38. The molecule has 3 rings (SSSR count). The molecule has 0 amide bonds. The van der Waals surface area contributed by atoms with Crippen molar-refractivity contribution < 1.29 is 9.31 Å². The molecule has 0 atom stereocenters. The maximum atomic E-state index is 6.13. The molecule has 0 bridgehead atoms. The number of hydrogen-bond donors (Lipinski definition) is 0. The second-order valence-corrected chi connectivity index (χ2v) is 7.56. The first kappa shape index (κ1) is 15.1. The Bertz CT molecular complexity index is 502. The molecule has 1 saturated carbocycles. The average molecular weight is 290 g/mol. The second-order valence-electron chi connectivity index (χ2n) is 7.56. The first-order valence-electron chi connectivity index (χ1n) is 8.21. The third kappa shape index (κ3) is 2.66. The van der Waals surface area contributed by atoms with E-state index in [9.17, 15) is 0 Å². The Morgan fingerprint density at radius 2 is 1.67 bits per heavy atom. The molecule has 21 heavy (non-hydrogen) atoms. The van der Waals surface area contributed by atoms with Crippen molar-refractivity contribution in [1.82, 2.24) is 9.78 Å². The summed E-state index contributed by atoms with van der Waals surface area (Å²) < 4.78 is 14.4. The predicted octanol–water partition coefficient (Wildman–Crippen LogP) is 3.00. The molecule has 1 saturated heterocycles. The number of aromatic nitrogens is 2. The van der Waals surface area contributed by atoms with Gasteiger partial charge in [-0.2, -0.15) is 5.10 Å². The van der Waals surface area contributed by atoms with Crippen LogP contribution in [0.3, 0.4) is 0 Å². The zero-order valence-corrected chi connectivity index (χ0v) is 14.0. The molecule has 1 aromatic heterocycles. The Balaban J connectivity index is 1.82. The molecular formula is C16H27BN2O2. The first-order valence-corrected chi connectivity index (χ1v) is 8.21. The minimum Gasteiger partial charge on any atom is -0.398 e. The molecule has 4 nitrogen and oxygen atoms in total. The van der Waals surface area contributed by atoms with Crippen LogP contribution in [0.1, 0.15) is 71.4 Å². The van der Waals surface area contributed by atoms with E-state index >= 15 is 0 Å². The van der Waals surface area contributed by atoms with Crippen molar-refractivity contribution in [3.63, 3.8) is 0 Å². The highest BCUT2D eigenvalue weighted by atomic mass is 16.7. The van der Waals surface area contributed by atoms with Gasteiger partial charge in [0.15, 0.2) is 0 Å². The van der Waals surface area contributed by atoms with Gasteiger partial charge in [-0.1, -0.05) is 19.3 Å². The van der Waals surface area contributed by atoms with Gasteiger partial charge in [-0.3, -0.25) is 4.68 Å². The van der Waals surface area contributed by atoms with Gasteiger partial charge in [0.25, 0.3) is 0 Å². The lowest BCUT2D eigenvalue weighted by atomic mass is 9.82. The highest BCUT2D eigenvalue weighted by molar-refractivity contribution is 6.61. The smallest absolute Gasteiger partial charge is 0.398 e. The topological polar surface area (TPSA) is 36.3 Å². The van der Waals surface area contributed by atoms with E-state index in [0.29, 0.717) is 6.04 Å². The van der Waals surface area contributed by atoms with E-state index in [2.05, 4.69) is 45.5 Å². The maximum absolute atomic E-state index is 6.13. The monoisotopic (exact) mass is 290 g/mol. The van der Waals surface area contributed by atoms with Gasteiger partial charge in [0.2, 0.25) is 0 Å². The summed E-state index contributed by atoms with van der Waals surface area (Å²) in [5.41, 5.74) is 1.50. The molecule has 116 valence electrons. The van der Waals surface area contributed by atoms with Crippen LogP contribution >= 0.6 is 0 Å². The van der Waals surface area contributed by atoms with E-state index in [1.54, 1.807) is 0 Å². The molecule has 0 aromatic carbocycles. The standard InChI is InChI=1S/C16H27BN2O2/c1-12-11-19(13-9-7-6-8-10-13)18-14(12)17-20-15(2,3)16(4,5)21-17/h11,13H,6-10H2,1-5H3. The molecule has 0 radical (unpaired) electrons. The van der Waals surface area contributed by atoms with Crippen LogP contribution in [0.5, 0.6) is 0 Å². The van der Waals surface area contributed by atoms with Crippen LogP contribution in [0.2, 0.25) is 0 Å². The normalized spacial score (nSPS) is 25.5. The van der Waals surface area contributed by atoms with Crippen molar-refractivity contribution >= 4 is 12.7 Å². The molecule has 2 fully saturated rings. The van der Waals surface area contributed by atoms with Gasteiger partial charge in [-0.05, 0) is 53.0 Å². The Morgan fingerprint density at radius 3 is 2.24 bits per heavy atom. The Kier molecular flexibility index (Phi) is 3.69. The van der Waals surface area contributed by atoms with E-state index < -0.39 is 0 Å². The van der Waals surface area contributed by atoms with Gasteiger partial charge in [0.05, 0.1) is 22.8 Å². The van der Waals surface area contributed by atoms with Gasteiger partial charge in [-0.15, -0.1) is 0 Å². The summed E-state index contributed by atoms with van der Waals surface area (Å²) in [5.74, 6) is 0. The summed E-state index contributed by atoms with van der Waals surface area (Å²) >= 11 is 0. The van der Waals surface area contributed by atoms with Gasteiger partial charge < -0.3 is 9.31 Å². The Hall–Kier alpha value is -0.805. The van der Waals surface area contributed by atoms with Crippen LogP contribution in [-0.2, 0) is 9.31 Å². The summed E-state index contributed by atoms with van der Waals surface area (Å²) in [6.45, 7) is 10.4. The van der Waals surface area contributed by atoms with Crippen molar-refractivity contribution in [1.29, 1.82) is 0 Å². The lowest BCUT2D eigenvalue weighted by molar-refractivity contribution is 0.00578. The van der Waals surface area contributed by atoms with Crippen LogP contribution in [0.15, 0.2) is 6.20 Å². The third-order valence-electron chi connectivity index (χ3n) is 5.38.